The molecule has 0 unspecified atom stereocenters. The molecule has 0 bridgehead atoms. The van der Waals surface area contributed by atoms with E-state index in [1.807, 2.05) is 20.8 Å². The van der Waals surface area contributed by atoms with Gasteiger partial charge in [0.15, 0.2) is 5.69 Å². The molecule has 0 saturated heterocycles. The van der Waals surface area contributed by atoms with Crippen molar-refractivity contribution in [1.82, 2.24) is 4.98 Å². The Bertz CT molecular complexity index is 422. The Balaban J connectivity index is 3.09. The quantitative estimate of drug-likeness (QED) is 0.708. The summed E-state index contributed by atoms with van der Waals surface area (Å²) in [5.74, 6) is -0.435. The van der Waals surface area contributed by atoms with Crippen molar-refractivity contribution in [1.29, 1.82) is 0 Å². The van der Waals surface area contributed by atoms with Crippen LogP contribution in [0.3, 0.4) is 0 Å². The van der Waals surface area contributed by atoms with Gasteiger partial charge in [-0.15, -0.1) is 0 Å². The van der Waals surface area contributed by atoms with Gasteiger partial charge in [0.1, 0.15) is 5.60 Å². The first-order chi connectivity index (χ1) is 7.20. The molecule has 0 aliphatic carbocycles. The molecule has 0 aliphatic heterocycles. The number of pyridine rings is 1. The van der Waals surface area contributed by atoms with Crippen LogP contribution in [0.5, 0.6) is 0 Å². The van der Waals surface area contributed by atoms with Crippen molar-refractivity contribution in [2.75, 3.05) is 0 Å². The summed E-state index contributed by atoms with van der Waals surface area (Å²) >= 11 is 5.99. The number of nitrogens with zero attached hydrogens (tertiary/aromatic N) is 1. The van der Waals surface area contributed by atoms with E-state index in [9.17, 15) is 4.79 Å². The standard InChI is InChI=1S/C12H16ClNO2/c1-7-6-9(13)8(2)10(14-7)11(15)16-12(3,4)5/h6H,1-5H3. The maximum Gasteiger partial charge on any atom is 0.357 e. The second kappa shape index (κ2) is 4.42. The van der Waals surface area contributed by atoms with Gasteiger partial charge in [0, 0.05) is 16.3 Å². The molecule has 3 nitrogen and oxygen atoms in total. The number of aromatic nitrogens is 1. The van der Waals surface area contributed by atoms with Crippen molar-refractivity contribution in [3.8, 4) is 0 Å². The van der Waals surface area contributed by atoms with Crippen LogP contribution in [0.25, 0.3) is 0 Å². The summed E-state index contributed by atoms with van der Waals surface area (Å²) in [4.78, 5) is 16.0. The van der Waals surface area contributed by atoms with Gasteiger partial charge in [-0.2, -0.15) is 0 Å². The summed E-state index contributed by atoms with van der Waals surface area (Å²) in [6.07, 6.45) is 0. The topological polar surface area (TPSA) is 39.2 Å². The van der Waals surface area contributed by atoms with Gasteiger partial charge in [-0.1, -0.05) is 11.6 Å². The fourth-order valence-corrected chi connectivity index (χ4v) is 1.47. The molecular formula is C12H16ClNO2. The molecule has 1 aromatic heterocycles. The largest absolute Gasteiger partial charge is 0.455 e. The predicted octanol–water partition coefficient (Wildman–Crippen LogP) is 3.31. The number of hydrogen-bond donors (Lipinski definition) is 0. The zero-order valence-electron chi connectivity index (χ0n) is 10.2. The second-order valence-corrected chi connectivity index (χ2v) is 5.13. The lowest BCUT2D eigenvalue weighted by atomic mass is 10.1. The maximum absolute atomic E-state index is 11.8. The number of ether oxygens (including phenoxy) is 1. The Hall–Kier alpha value is -1.09. The molecule has 0 aliphatic rings. The Morgan fingerprint density at radius 2 is 1.94 bits per heavy atom. The molecule has 0 radical (unpaired) electrons. The molecule has 1 rings (SSSR count). The first kappa shape index (κ1) is 13.0. The van der Waals surface area contributed by atoms with E-state index in [4.69, 9.17) is 16.3 Å². The molecule has 0 N–H and O–H groups in total. The molecule has 4 heteroatoms. The molecule has 0 saturated carbocycles. The normalized spacial score (nSPS) is 11.4. The number of aryl methyl sites for hydroxylation is 1. The van der Waals surface area contributed by atoms with Crippen LogP contribution >= 0.6 is 11.6 Å². The molecule has 0 spiro atoms. The van der Waals surface area contributed by atoms with Crippen LogP contribution < -0.4 is 0 Å². The Labute approximate surface area is 101 Å². The smallest absolute Gasteiger partial charge is 0.357 e. The van der Waals surface area contributed by atoms with E-state index in [2.05, 4.69) is 4.98 Å². The highest BCUT2D eigenvalue weighted by Crippen LogP contribution is 2.21. The number of esters is 1. The number of rotatable bonds is 1. The summed E-state index contributed by atoms with van der Waals surface area (Å²) in [6.45, 7) is 9.00. The number of hydrogen-bond acceptors (Lipinski definition) is 3. The summed E-state index contributed by atoms with van der Waals surface area (Å²) in [7, 11) is 0. The number of halogens is 1. The van der Waals surface area contributed by atoms with Gasteiger partial charge in [0.05, 0.1) is 0 Å². The minimum Gasteiger partial charge on any atom is -0.455 e. The molecule has 1 aromatic rings. The summed E-state index contributed by atoms with van der Waals surface area (Å²) < 4.78 is 5.25. The Kier molecular flexibility index (Phi) is 3.58. The zero-order valence-corrected chi connectivity index (χ0v) is 11.0. The van der Waals surface area contributed by atoms with Crippen molar-refractivity contribution in [3.05, 3.63) is 28.0 Å². The highest BCUT2D eigenvalue weighted by molar-refractivity contribution is 6.31. The maximum atomic E-state index is 11.8. The van der Waals surface area contributed by atoms with Gasteiger partial charge in [-0.05, 0) is 40.7 Å². The zero-order chi connectivity index (χ0) is 12.5. The van der Waals surface area contributed by atoms with Gasteiger partial charge in [-0.25, -0.2) is 9.78 Å². The van der Waals surface area contributed by atoms with Crippen molar-refractivity contribution < 1.29 is 9.53 Å². The molecule has 88 valence electrons. The van der Waals surface area contributed by atoms with Gasteiger partial charge in [-0.3, -0.25) is 0 Å². The second-order valence-electron chi connectivity index (χ2n) is 4.72. The van der Waals surface area contributed by atoms with Crippen molar-refractivity contribution in [3.63, 3.8) is 0 Å². The van der Waals surface area contributed by atoms with E-state index in [0.29, 0.717) is 22.0 Å². The molecule has 1 heterocycles. The molecule has 0 aromatic carbocycles. The van der Waals surface area contributed by atoms with E-state index in [-0.39, 0.29) is 0 Å². The lowest BCUT2D eigenvalue weighted by Gasteiger charge is -2.20. The van der Waals surface area contributed by atoms with Crippen LogP contribution in [-0.4, -0.2) is 16.6 Å². The summed E-state index contributed by atoms with van der Waals surface area (Å²) in [5, 5.41) is 0.536. The number of carbonyl (C=O) groups excluding carboxylic acids is 1. The van der Waals surface area contributed by atoms with Gasteiger partial charge >= 0.3 is 5.97 Å². The lowest BCUT2D eigenvalue weighted by Crippen LogP contribution is -2.25. The van der Waals surface area contributed by atoms with Gasteiger partial charge in [0.2, 0.25) is 0 Å². The Morgan fingerprint density at radius 3 is 2.44 bits per heavy atom. The minimum absolute atomic E-state index is 0.292. The fraction of sp³-hybridized carbons (Fsp3) is 0.500. The van der Waals surface area contributed by atoms with Crippen LogP contribution in [0.4, 0.5) is 0 Å². The molecule has 0 fully saturated rings. The third-order valence-corrected chi connectivity index (χ3v) is 2.32. The predicted molar refractivity (Wildman–Crippen MR) is 63.9 cm³/mol. The van der Waals surface area contributed by atoms with E-state index in [1.165, 1.54) is 0 Å². The average Bonchev–Trinajstić information content (AvgIpc) is 2.08. The summed E-state index contributed by atoms with van der Waals surface area (Å²) in [5.41, 5.74) is 1.12. The number of carbonyl (C=O) groups is 1. The van der Waals surface area contributed by atoms with Gasteiger partial charge < -0.3 is 4.74 Å². The van der Waals surface area contributed by atoms with Crippen molar-refractivity contribution in [2.24, 2.45) is 0 Å². The third-order valence-electron chi connectivity index (χ3n) is 1.93. The summed E-state index contributed by atoms with van der Waals surface area (Å²) in [6, 6.07) is 1.73. The van der Waals surface area contributed by atoms with Crippen LogP contribution in [0.2, 0.25) is 5.02 Å². The fourth-order valence-electron chi connectivity index (χ4n) is 1.22. The molecule has 0 atom stereocenters. The SMILES string of the molecule is Cc1cc(Cl)c(C)c(C(=O)OC(C)(C)C)n1. The Morgan fingerprint density at radius 1 is 1.38 bits per heavy atom. The van der Waals surface area contributed by atoms with Crippen molar-refractivity contribution >= 4 is 17.6 Å². The first-order valence-electron chi connectivity index (χ1n) is 5.08. The monoisotopic (exact) mass is 241 g/mol. The van der Waals surface area contributed by atoms with Gasteiger partial charge in [0.25, 0.3) is 0 Å². The van der Waals surface area contributed by atoms with Crippen LogP contribution in [0.1, 0.15) is 42.5 Å². The molecule has 16 heavy (non-hydrogen) atoms. The van der Waals surface area contributed by atoms with E-state index >= 15 is 0 Å². The first-order valence-corrected chi connectivity index (χ1v) is 5.45. The van der Waals surface area contributed by atoms with Crippen LogP contribution in [0, 0.1) is 13.8 Å². The van der Waals surface area contributed by atoms with Crippen molar-refractivity contribution in [2.45, 2.75) is 40.2 Å². The molecule has 0 amide bonds. The van der Waals surface area contributed by atoms with E-state index in [0.717, 1.165) is 0 Å². The van der Waals surface area contributed by atoms with Crippen LogP contribution in [0.15, 0.2) is 6.07 Å². The highest BCUT2D eigenvalue weighted by atomic mass is 35.5. The molecular weight excluding hydrogens is 226 g/mol. The highest BCUT2D eigenvalue weighted by Gasteiger charge is 2.21. The third kappa shape index (κ3) is 3.20. The van der Waals surface area contributed by atoms with E-state index < -0.39 is 11.6 Å². The average molecular weight is 242 g/mol. The lowest BCUT2D eigenvalue weighted by molar-refractivity contribution is 0.00617. The van der Waals surface area contributed by atoms with Crippen LogP contribution in [-0.2, 0) is 4.74 Å². The van der Waals surface area contributed by atoms with E-state index in [1.54, 1.807) is 19.9 Å². The minimum atomic E-state index is -0.526.